The van der Waals surface area contributed by atoms with E-state index in [2.05, 4.69) is 4.72 Å². The fraction of sp³-hybridized carbons (Fsp3) is 0.250. The highest BCUT2D eigenvalue weighted by Gasteiger charge is 2.16. The van der Waals surface area contributed by atoms with Crippen LogP contribution in [0.5, 0.6) is 0 Å². The molecule has 0 radical (unpaired) electrons. The molecule has 112 valence electrons. The van der Waals surface area contributed by atoms with Crippen molar-refractivity contribution >= 4 is 21.6 Å². The zero-order chi connectivity index (χ0) is 15.5. The molecule has 5 heteroatoms. The molecule has 21 heavy (non-hydrogen) atoms. The second kappa shape index (κ2) is 6.60. The molecule has 0 saturated carbocycles. The maximum Gasteiger partial charge on any atom is 0.216 e. The highest BCUT2D eigenvalue weighted by atomic mass is 35.5. The van der Waals surface area contributed by atoms with Gasteiger partial charge in [-0.3, -0.25) is 0 Å². The quantitative estimate of drug-likeness (QED) is 0.909. The molecule has 0 amide bonds. The van der Waals surface area contributed by atoms with E-state index < -0.39 is 10.0 Å². The normalized spacial score (nSPS) is 13.1. The highest BCUT2D eigenvalue weighted by Crippen LogP contribution is 2.16. The van der Waals surface area contributed by atoms with Gasteiger partial charge < -0.3 is 0 Å². The van der Waals surface area contributed by atoms with Crippen molar-refractivity contribution in [2.45, 2.75) is 25.6 Å². The maximum absolute atomic E-state index is 12.2. The van der Waals surface area contributed by atoms with Crippen molar-refractivity contribution in [3.8, 4) is 0 Å². The Kier molecular flexibility index (Phi) is 5.04. The van der Waals surface area contributed by atoms with Crippen LogP contribution in [0, 0.1) is 6.92 Å². The monoisotopic (exact) mass is 323 g/mol. The fourth-order valence-electron chi connectivity index (χ4n) is 2.03. The molecule has 0 aliphatic carbocycles. The molecular formula is C16H18ClNO2S. The van der Waals surface area contributed by atoms with Crippen LogP contribution in [-0.4, -0.2) is 8.42 Å². The first-order valence-electron chi connectivity index (χ1n) is 6.67. The molecule has 0 spiro atoms. The summed E-state index contributed by atoms with van der Waals surface area (Å²) in [6.07, 6.45) is 0. The van der Waals surface area contributed by atoms with Gasteiger partial charge in [0, 0.05) is 11.1 Å². The van der Waals surface area contributed by atoms with Crippen molar-refractivity contribution in [3.63, 3.8) is 0 Å². The Morgan fingerprint density at radius 1 is 1.05 bits per heavy atom. The first-order chi connectivity index (χ1) is 9.85. The van der Waals surface area contributed by atoms with E-state index in [1.165, 1.54) is 0 Å². The van der Waals surface area contributed by atoms with Crippen LogP contribution >= 0.6 is 11.6 Å². The third kappa shape index (κ3) is 4.84. The minimum Gasteiger partial charge on any atom is -0.212 e. The number of aryl methyl sites for hydroxylation is 1. The second-order valence-corrected chi connectivity index (χ2v) is 7.33. The Bertz CT molecular complexity index is 694. The van der Waals surface area contributed by atoms with Crippen LogP contribution in [0.2, 0.25) is 5.02 Å². The minimum atomic E-state index is -3.40. The van der Waals surface area contributed by atoms with Gasteiger partial charge >= 0.3 is 0 Å². The second-order valence-electron chi connectivity index (χ2n) is 5.14. The molecule has 0 unspecified atom stereocenters. The summed E-state index contributed by atoms with van der Waals surface area (Å²) < 4.78 is 27.1. The fourth-order valence-corrected chi connectivity index (χ4v) is 3.55. The molecule has 2 aromatic rings. The Morgan fingerprint density at radius 3 is 2.19 bits per heavy atom. The molecule has 0 saturated heterocycles. The number of nitrogens with one attached hydrogen (secondary N) is 1. The predicted molar refractivity (Wildman–Crippen MR) is 86.8 cm³/mol. The number of hydrogen-bond acceptors (Lipinski definition) is 2. The first-order valence-corrected chi connectivity index (χ1v) is 8.70. The molecule has 0 aromatic heterocycles. The van der Waals surface area contributed by atoms with Crippen LogP contribution in [-0.2, 0) is 15.8 Å². The summed E-state index contributed by atoms with van der Waals surface area (Å²) in [6, 6.07) is 14.4. The molecule has 1 atom stereocenters. The number of benzene rings is 2. The molecule has 0 aliphatic rings. The lowest BCUT2D eigenvalue weighted by Gasteiger charge is -2.15. The van der Waals surface area contributed by atoms with Gasteiger partial charge in [0.05, 0.1) is 5.75 Å². The van der Waals surface area contributed by atoms with Crippen molar-refractivity contribution in [2.75, 3.05) is 0 Å². The van der Waals surface area contributed by atoms with Gasteiger partial charge in [-0.1, -0.05) is 53.6 Å². The van der Waals surface area contributed by atoms with E-state index in [9.17, 15) is 8.42 Å². The lowest BCUT2D eigenvalue weighted by atomic mass is 10.1. The van der Waals surface area contributed by atoms with Gasteiger partial charge in [-0.2, -0.15) is 0 Å². The van der Waals surface area contributed by atoms with Gasteiger partial charge in [-0.05, 0) is 37.1 Å². The van der Waals surface area contributed by atoms with Crippen LogP contribution in [0.25, 0.3) is 0 Å². The predicted octanol–water partition coefficient (Wildman–Crippen LogP) is 3.83. The van der Waals surface area contributed by atoms with Crippen molar-refractivity contribution in [1.29, 1.82) is 0 Å². The highest BCUT2D eigenvalue weighted by molar-refractivity contribution is 7.88. The summed E-state index contributed by atoms with van der Waals surface area (Å²) in [4.78, 5) is 0. The zero-order valence-electron chi connectivity index (χ0n) is 12.0. The average Bonchev–Trinajstić information content (AvgIpc) is 2.41. The van der Waals surface area contributed by atoms with Crippen LogP contribution < -0.4 is 4.72 Å². The smallest absolute Gasteiger partial charge is 0.212 e. The van der Waals surface area contributed by atoms with Crippen LogP contribution in [0.1, 0.15) is 29.7 Å². The van der Waals surface area contributed by atoms with E-state index in [1.807, 2.05) is 38.1 Å². The first kappa shape index (κ1) is 16.0. The summed E-state index contributed by atoms with van der Waals surface area (Å²) in [5, 5.41) is 0.595. The number of sulfonamides is 1. The van der Waals surface area contributed by atoms with Gasteiger partial charge in [0.2, 0.25) is 10.0 Å². The van der Waals surface area contributed by atoms with Crippen LogP contribution in [0.15, 0.2) is 48.5 Å². The van der Waals surface area contributed by atoms with E-state index >= 15 is 0 Å². The average molecular weight is 324 g/mol. The lowest BCUT2D eigenvalue weighted by molar-refractivity contribution is 0.566. The summed E-state index contributed by atoms with van der Waals surface area (Å²) in [5.74, 6) is -0.0552. The third-order valence-corrected chi connectivity index (χ3v) is 4.88. The molecular weight excluding hydrogens is 306 g/mol. The van der Waals surface area contributed by atoms with E-state index in [-0.39, 0.29) is 11.8 Å². The summed E-state index contributed by atoms with van der Waals surface area (Å²) in [7, 11) is -3.40. The maximum atomic E-state index is 12.2. The molecule has 0 fully saturated rings. The molecule has 0 bridgehead atoms. The molecule has 3 nitrogen and oxygen atoms in total. The molecule has 0 aliphatic heterocycles. The molecule has 0 heterocycles. The van der Waals surface area contributed by atoms with Gasteiger partial charge in [-0.15, -0.1) is 0 Å². The van der Waals surface area contributed by atoms with E-state index in [0.29, 0.717) is 10.6 Å². The summed E-state index contributed by atoms with van der Waals surface area (Å²) in [6.45, 7) is 3.84. The van der Waals surface area contributed by atoms with Crippen LogP contribution in [0.4, 0.5) is 0 Å². The Hall–Kier alpha value is -1.36. The van der Waals surface area contributed by atoms with E-state index in [4.69, 9.17) is 11.6 Å². The number of hydrogen-bond donors (Lipinski definition) is 1. The van der Waals surface area contributed by atoms with Gasteiger partial charge in [0.25, 0.3) is 0 Å². The van der Waals surface area contributed by atoms with Crippen molar-refractivity contribution < 1.29 is 8.42 Å². The minimum absolute atomic E-state index is 0.0552. The van der Waals surface area contributed by atoms with Crippen molar-refractivity contribution in [2.24, 2.45) is 0 Å². The molecule has 1 N–H and O–H groups in total. The van der Waals surface area contributed by atoms with Crippen LogP contribution in [0.3, 0.4) is 0 Å². The Labute approximate surface area is 131 Å². The van der Waals surface area contributed by atoms with Gasteiger partial charge in [0.15, 0.2) is 0 Å². The SMILES string of the molecule is Cc1ccc([C@@H](C)NS(=O)(=O)Cc2ccc(Cl)cc2)cc1. The standard InChI is InChI=1S/C16H18ClNO2S/c1-12-3-7-15(8-4-12)13(2)18-21(19,20)11-14-5-9-16(17)10-6-14/h3-10,13,18H,11H2,1-2H3/t13-/m1/s1. The number of halogens is 1. The molecule has 2 aromatic carbocycles. The van der Waals surface area contributed by atoms with E-state index in [0.717, 1.165) is 11.1 Å². The Morgan fingerprint density at radius 2 is 1.62 bits per heavy atom. The van der Waals surface area contributed by atoms with Crippen molar-refractivity contribution in [1.82, 2.24) is 4.72 Å². The lowest BCUT2D eigenvalue weighted by Crippen LogP contribution is -2.28. The summed E-state index contributed by atoms with van der Waals surface area (Å²) >= 11 is 5.79. The van der Waals surface area contributed by atoms with E-state index in [1.54, 1.807) is 24.3 Å². The largest absolute Gasteiger partial charge is 0.216 e. The molecule has 2 rings (SSSR count). The zero-order valence-corrected chi connectivity index (χ0v) is 13.6. The van der Waals surface area contributed by atoms with Gasteiger partial charge in [0.1, 0.15) is 0 Å². The Balaban J connectivity index is 2.06. The number of rotatable bonds is 5. The van der Waals surface area contributed by atoms with Crippen molar-refractivity contribution in [3.05, 3.63) is 70.2 Å². The topological polar surface area (TPSA) is 46.2 Å². The third-order valence-electron chi connectivity index (χ3n) is 3.20. The van der Waals surface area contributed by atoms with Gasteiger partial charge in [-0.25, -0.2) is 13.1 Å². The summed E-state index contributed by atoms with van der Waals surface area (Å²) in [5.41, 5.74) is 2.80.